The topological polar surface area (TPSA) is 78.9 Å². The van der Waals surface area contributed by atoms with Gasteiger partial charge in [0.05, 0.1) is 0 Å². The van der Waals surface area contributed by atoms with Gasteiger partial charge in [-0.15, -0.1) is 0 Å². The van der Waals surface area contributed by atoms with Crippen LogP contribution in [-0.4, -0.2) is 37.2 Å². The number of hydrogen-bond donors (Lipinski definition) is 0. The van der Waals surface area contributed by atoms with Crippen molar-refractivity contribution in [3.8, 4) is 0 Å². The fourth-order valence-corrected chi connectivity index (χ4v) is 7.88. The zero-order valence-corrected chi connectivity index (χ0v) is 43.0. The number of esters is 3. The third-order valence-corrected chi connectivity index (χ3v) is 12.0. The first kappa shape index (κ1) is 62.1. The summed E-state index contributed by atoms with van der Waals surface area (Å²) in [4.78, 5) is 37.9. The molecule has 376 valence electrons. The summed E-state index contributed by atoms with van der Waals surface area (Å²) in [5.41, 5.74) is 0. The maximum Gasteiger partial charge on any atom is 0.306 e. The second-order valence-corrected chi connectivity index (χ2v) is 18.5. The fraction of sp³-hybridized carbons (Fsp3) is 0.780. The van der Waals surface area contributed by atoms with Gasteiger partial charge in [0, 0.05) is 19.3 Å². The molecular formula is C59H104O6. The minimum absolute atomic E-state index is 0.0722. The fourth-order valence-electron chi connectivity index (χ4n) is 7.88. The standard InChI is InChI=1S/C59H104O6/c1-4-7-10-13-16-19-21-23-24-25-26-27-28-29-30-31-32-33-34-36-37-40-43-46-49-52-58(61)64-55-56(54-63-57(60)51-48-45-42-39-18-15-12-9-6-3)65-59(62)53-50-47-44-41-38-35-22-20-17-14-11-8-5-2/h7,10,16,19,23-24,26-27,29-30,56H,4-6,8-9,11-15,17-18,20-22,25,28,31-55H2,1-3H3/b10-7-,19-16-,24-23-,27-26-,30-29-. The summed E-state index contributed by atoms with van der Waals surface area (Å²) in [6, 6.07) is 0. The molecule has 0 saturated heterocycles. The van der Waals surface area contributed by atoms with E-state index in [-0.39, 0.29) is 31.1 Å². The normalized spacial score (nSPS) is 12.5. The van der Waals surface area contributed by atoms with Gasteiger partial charge < -0.3 is 14.2 Å². The highest BCUT2D eigenvalue weighted by molar-refractivity contribution is 5.71. The summed E-state index contributed by atoms with van der Waals surface area (Å²) < 4.78 is 16.8. The average molecular weight is 909 g/mol. The van der Waals surface area contributed by atoms with Crippen LogP contribution in [0.1, 0.15) is 278 Å². The van der Waals surface area contributed by atoms with Crippen LogP contribution in [0.5, 0.6) is 0 Å². The Morgan fingerprint density at radius 3 is 0.938 bits per heavy atom. The lowest BCUT2D eigenvalue weighted by atomic mass is 10.0. The highest BCUT2D eigenvalue weighted by atomic mass is 16.6. The van der Waals surface area contributed by atoms with Crippen molar-refractivity contribution in [1.29, 1.82) is 0 Å². The molecule has 0 aromatic carbocycles. The van der Waals surface area contributed by atoms with Gasteiger partial charge in [0.25, 0.3) is 0 Å². The van der Waals surface area contributed by atoms with Gasteiger partial charge in [0.2, 0.25) is 0 Å². The molecule has 0 heterocycles. The van der Waals surface area contributed by atoms with E-state index in [1.54, 1.807) is 0 Å². The van der Waals surface area contributed by atoms with Crippen LogP contribution in [0.25, 0.3) is 0 Å². The van der Waals surface area contributed by atoms with E-state index in [2.05, 4.69) is 81.5 Å². The minimum Gasteiger partial charge on any atom is -0.462 e. The second kappa shape index (κ2) is 53.7. The smallest absolute Gasteiger partial charge is 0.306 e. The van der Waals surface area contributed by atoms with Gasteiger partial charge in [-0.25, -0.2) is 0 Å². The van der Waals surface area contributed by atoms with Gasteiger partial charge in [-0.3, -0.25) is 14.4 Å². The van der Waals surface area contributed by atoms with E-state index in [4.69, 9.17) is 14.2 Å². The van der Waals surface area contributed by atoms with Crippen LogP contribution in [0.4, 0.5) is 0 Å². The molecule has 6 heteroatoms. The van der Waals surface area contributed by atoms with Crippen LogP contribution >= 0.6 is 0 Å². The first-order valence-electron chi connectivity index (χ1n) is 27.8. The van der Waals surface area contributed by atoms with Crippen molar-refractivity contribution < 1.29 is 28.6 Å². The Labute approximate surface area is 402 Å². The number of carbonyl (C=O) groups excluding carboxylic acids is 3. The molecule has 0 radical (unpaired) electrons. The number of allylic oxidation sites excluding steroid dienone is 10. The van der Waals surface area contributed by atoms with Gasteiger partial charge in [-0.2, -0.15) is 0 Å². The molecule has 0 spiro atoms. The van der Waals surface area contributed by atoms with Crippen molar-refractivity contribution in [1.82, 2.24) is 0 Å². The molecule has 0 aromatic heterocycles. The SMILES string of the molecule is CC/C=C\C/C=C\C/C=C\C/C=C\C/C=C\CCCCCCCCCCCC(=O)OCC(COC(=O)CCCCCCCCCCC)OC(=O)CCCCCCCCCCCCCCC. The summed E-state index contributed by atoms with van der Waals surface area (Å²) in [5.74, 6) is -0.872. The third-order valence-electron chi connectivity index (χ3n) is 12.0. The molecule has 0 N–H and O–H groups in total. The van der Waals surface area contributed by atoms with Crippen LogP contribution in [0.15, 0.2) is 60.8 Å². The van der Waals surface area contributed by atoms with Crippen molar-refractivity contribution in [2.45, 2.75) is 284 Å². The summed E-state index contributed by atoms with van der Waals surface area (Å²) in [7, 11) is 0. The summed E-state index contributed by atoms with van der Waals surface area (Å²) in [6.45, 7) is 6.52. The van der Waals surface area contributed by atoms with Crippen LogP contribution in [0.2, 0.25) is 0 Å². The molecule has 0 aliphatic heterocycles. The van der Waals surface area contributed by atoms with Crippen LogP contribution in [0, 0.1) is 0 Å². The molecule has 0 fully saturated rings. The predicted octanol–water partition coefficient (Wildman–Crippen LogP) is 18.4. The van der Waals surface area contributed by atoms with Crippen LogP contribution < -0.4 is 0 Å². The molecule has 0 aliphatic rings. The molecule has 6 nitrogen and oxygen atoms in total. The number of rotatable bonds is 50. The Balaban J connectivity index is 4.21. The zero-order valence-electron chi connectivity index (χ0n) is 43.0. The quantitative estimate of drug-likeness (QED) is 0.0262. The molecule has 0 aromatic rings. The lowest BCUT2D eigenvalue weighted by Crippen LogP contribution is -2.30. The van der Waals surface area contributed by atoms with Crippen molar-refractivity contribution in [2.75, 3.05) is 13.2 Å². The molecule has 0 saturated carbocycles. The number of carbonyl (C=O) groups is 3. The molecule has 1 unspecified atom stereocenters. The number of ether oxygens (including phenoxy) is 3. The van der Waals surface area contributed by atoms with Gasteiger partial charge in [0.15, 0.2) is 6.10 Å². The van der Waals surface area contributed by atoms with E-state index >= 15 is 0 Å². The molecule has 0 rings (SSSR count). The Morgan fingerprint density at radius 2 is 0.600 bits per heavy atom. The molecule has 0 bridgehead atoms. The van der Waals surface area contributed by atoms with Crippen LogP contribution in [-0.2, 0) is 28.6 Å². The first-order chi connectivity index (χ1) is 32.0. The van der Waals surface area contributed by atoms with E-state index in [1.165, 1.54) is 141 Å². The van der Waals surface area contributed by atoms with E-state index in [1.807, 2.05) is 0 Å². The van der Waals surface area contributed by atoms with Crippen molar-refractivity contribution >= 4 is 17.9 Å². The number of hydrogen-bond acceptors (Lipinski definition) is 6. The second-order valence-electron chi connectivity index (χ2n) is 18.5. The Hall–Kier alpha value is -2.89. The zero-order chi connectivity index (χ0) is 47.2. The maximum absolute atomic E-state index is 12.8. The Kier molecular flexibility index (Phi) is 51.3. The lowest BCUT2D eigenvalue weighted by molar-refractivity contribution is -0.167. The molecule has 0 amide bonds. The summed E-state index contributed by atoms with van der Waals surface area (Å²) >= 11 is 0. The molecule has 0 aliphatic carbocycles. The number of unbranched alkanes of at least 4 members (excludes halogenated alkanes) is 29. The van der Waals surface area contributed by atoms with E-state index in [0.29, 0.717) is 19.3 Å². The Morgan fingerprint density at radius 1 is 0.323 bits per heavy atom. The largest absolute Gasteiger partial charge is 0.462 e. The summed E-state index contributed by atoms with van der Waals surface area (Å²) in [6.07, 6.45) is 66.4. The van der Waals surface area contributed by atoms with Crippen molar-refractivity contribution in [3.05, 3.63) is 60.8 Å². The average Bonchev–Trinajstić information content (AvgIpc) is 3.30. The van der Waals surface area contributed by atoms with Gasteiger partial charge in [0.1, 0.15) is 13.2 Å². The van der Waals surface area contributed by atoms with Crippen molar-refractivity contribution in [2.24, 2.45) is 0 Å². The monoisotopic (exact) mass is 909 g/mol. The van der Waals surface area contributed by atoms with Gasteiger partial charge in [-0.1, -0.05) is 255 Å². The third kappa shape index (κ3) is 51.9. The molecular weight excluding hydrogens is 805 g/mol. The van der Waals surface area contributed by atoms with E-state index < -0.39 is 6.10 Å². The molecule has 1 atom stereocenters. The summed E-state index contributed by atoms with van der Waals surface area (Å²) in [5, 5.41) is 0. The van der Waals surface area contributed by atoms with Crippen molar-refractivity contribution in [3.63, 3.8) is 0 Å². The Bertz CT molecular complexity index is 1180. The predicted molar refractivity (Wildman–Crippen MR) is 279 cm³/mol. The van der Waals surface area contributed by atoms with E-state index in [0.717, 1.165) is 96.3 Å². The minimum atomic E-state index is -0.771. The van der Waals surface area contributed by atoms with Crippen LogP contribution in [0.3, 0.4) is 0 Å². The van der Waals surface area contributed by atoms with E-state index in [9.17, 15) is 14.4 Å². The highest BCUT2D eigenvalue weighted by Crippen LogP contribution is 2.16. The highest BCUT2D eigenvalue weighted by Gasteiger charge is 2.19. The van der Waals surface area contributed by atoms with Gasteiger partial charge in [-0.05, 0) is 64.2 Å². The first-order valence-corrected chi connectivity index (χ1v) is 27.8. The lowest BCUT2D eigenvalue weighted by Gasteiger charge is -2.18. The van der Waals surface area contributed by atoms with Gasteiger partial charge >= 0.3 is 17.9 Å². The molecule has 65 heavy (non-hydrogen) atoms. The maximum atomic E-state index is 12.8.